The highest BCUT2D eigenvalue weighted by Crippen LogP contribution is 2.27. The van der Waals surface area contributed by atoms with Gasteiger partial charge in [-0.15, -0.1) is 0 Å². The van der Waals surface area contributed by atoms with Gasteiger partial charge in [-0.05, 0) is 12.8 Å². The lowest BCUT2D eigenvalue weighted by molar-refractivity contribution is -0.332. The standard InChI is InChI=1S/C59H112O15/c1-3-5-7-9-11-13-15-17-19-21-23-25-27-29-31-33-35-37-39-41-50(61)69-44-47(72-51(62)42-40-38-36-34-32-30-28-26-24-22-20-18-16-14-12-10-8-6-4-2)45-70-58-57(68)55(66)53(64)49(74-58)46-71-59-56(67)54(65)52(63)48(43-60)73-59/h47-49,52-60,63-68H,3-46H2,1-2H3/t47-,48+,49+,52-,53-,54?,55?,56?,57?,58+,59+/m0/s1. The largest absolute Gasteiger partial charge is 0.462 e. The highest BCUT2D eigenvalue weighted by Gasteiger charge is 2.47. The van der Waals surface area contributed by atoms with Gasteiger partial charge in [-0.1, -0.05) is 245 Å². The molecule has 0 spiro atoms. The Morgan fingerprint density at radius 3 is 1.05 bits per heavy atom. The average Bonchev–Trinajstić information content (AvgIpc) is 3.39. The summed E-state index contributed by atoms with van der Waals surface area (Å²) in [6.45, 7) is 2.67. The summed E-state index contributed by atoms with van der Waals surface area (Å²) in [5.74, 6) is -0.901. The number of aliphatic hydroxyl groups is 7. The van der Waals surface area contributed by atoms with E-state index in [0.717, 1.165) is 38.5 Å². The monoisotopic (exact) mass is 1060 g/mol. The quantitative estimate of drug-likeness (QED) is 0.0222. The predicted molar refractivity (Wildman–Crippen MR) is 289 cm³/mol. The van der Waals surface area contributed by atoms with E-state index >= 15 is 0 Å². The van der Waals surface area contributed by atoms with Crippen LogP contribution in [-0.4, -0.2) is 142 Å². The van der Waals surface area contributed by atoms with Crippen LogP contribution in [0.15, 0.2) is 0 Å². The molecule has 0 saturated carbocycles. The molecule has 15 nitrogen and oxygen atoms in total. The molecule has 0 aromatic heterocycles. The van der Waals surface area contributed by atoms with Gasteiger partial charge in [0, 0.05) is 12.8 Å². The van der Waals surface area contributed by atoms with Gasteiger partial charge >= 0.3 is 11.9 Å². The van der Waals surface area contributed by atoms with Crippen molar-refractivity contribution in [2.75, 3.05) is 26.4 Å². The summed E-state index contributed by atoms with van der Waals surface area (Å²) in [6.07, 6.45) is 31.2. The van der Waals surface area contributed by atoms with Crippen LogP contribution in [0.3, 0.4) is 0 Å². The van der Waals surface area contributed by atoms with Gasteiger partial charge in [-0.25, -0.2) is 0 Å². The lowest BCUT2D eigenvalue weighted by atomic mass is 9.98. The Morgan fingerprint density at radius 1 is 0.378 bits per heavy atom. The molecule has 2 heterocycles. The second-order valence-corrected chi connectivity index (χ2v) is 21.9. The van der Waals surface area contributed by atoms with Crippen molar-refractivity contribution in [2.24, 2.45) is 0 Å². The van der Waals surface area contributed by atoms with E-state index in [9.17, 15) is 45.3 Å². The maximum Gasteiger partial charge on any atom is 0.306 e. The number of aliphatic hydroxyl groups excluding tert-OH is 7. The molecule has 0 aliphatic carbocycles. The Balaban J connectivity index is 1.72. The van der Waals surface area contributed by atoms with Gasteiger partial charge in [0.2, 0.25) is 0 Å². The summed E-state index contributed by atoms with van der Waals surface area (Å²) >= 11 is 0. The summed E-state index contributed by atoms with van der Waals surface area (Å²) in [7, 11) is 0. The van der Waals surface area contributed by atoms with Crippen LogP contribution < -0.4 is 0 Å². The molecule has 2 fully saturated rings. The van der Waals surface area contributed by atoms with Crippen LogP contribution >= 0.6 is 0 Å². The zero-order valence-electron chi connectivity index (χ0n) is 46.9. The van der Waals surface area contributed by atoms with Crippen molar-refractivity contribution in [1.29, 1.82) is 0 Å². The van der Waals surface area contributed by atoms with Crippen molar-refractivity contribution in [3.8, 4) is 0 Å². The number of carbonyl (C=O) groups excluding carboxylic acids is 2. The van der Waals surface area contributed by atoms with Gasteiger partial charge in [0.25, 0.3) is 0 Å². The van der Waals surface area contributed by atoms with E-state index in [1.807, 2.05) is 0 Å². The normalized spacial score (nSPS) is 24.6. The van der Waals surface area contributed by atoms with E-state index in [2.05, 4.69) is 13.8 Å². The highest BCUT2D eigenvalue weighted by atomic mass is 16.7. The number of hydrogen-bond donors (Lipinski definition) is 7. The minimum atomic E-state index is -1.76. The molecule has 11 atom stereocenters. The molecule has 7 N–H and O–H groups in total. The third-order valence-corrected chi connectivity index (χ3v) is 15.1. The lowest BCUT2D eigenvalue weighted by Gasteiger charge is -2.42. The molecule has 438 valence electrons. The zero-order chi connectivity index (χ0) is 53.9. The maximum atomic E-state index is 13.1. The maximum absolute atomic E-state index is 13.1. The van der Waals surface area contributed by atoms with Crippen molar-refractivity contribution >= 4 is 11.9 Å². The summed E-state index contributed by atoms with van der Waals surface area (Å²) in [6, 6.07) is 0. The first kappa shape index (κ1) is 68.6. The molecule has 4 unspecified atom stereocenters. The van der Waals surface area contributed by atoms with E-state index < -0.39 is 92.7 Å². The van der Waals surface area contributed by atoms with Crippen molar-refractivity contribution in [3.63, 3.8) is 0 Å². The number of rotatable bonds is 50. The number of esters is 2. The van der Waals surface area contributed by atoms with Gasteiger partial charge in [0.15, 0.2) is 18.7 Å². The Bertz CT molecular complexity index is 1290. The SMILES string of the molecule is CCCCCCCCCCCCCCCCCCCCCC(=O)OC[C@@H](CO[C@@H]1O[C@H](CO[C@@H]2O[C@H](CO)[C@H](O)C(O)C2O)[C@H](O)C(O)C1O)OC(=O)CCCCCCCCCCCCCCCCCCCCC. The summed E-state index contributed by atoms with van der Waals surface area (Å²) in [5, 5.41) is 72.3. The first-order chi connectivity index (χ1) is 36.0. The molecule has 0 aromatic carbocycles. The summed E-state index contributed by atoms with van der Waals surface area (Å²) in [4.78, 5) is 25.9. The smallest absolute Gasteiger partial charge is 0.306 e. The second kappa shape index (κ2) is 46.4. The first-order valence-corrected chi connectivity index (χ1v) is 30.6. The van der Waals surface area contributed by atoms with Crippen molar-refractivity contribution < 1.29 is 73.8 Å². The molecule has 0 radical (unpaired) electrons. The van der Waals surface area contributed by atoms with Crippen molar-refractivity contribution in [2.45, 2.75) is 338 Å². The fraction of sp³-hybridized carbons (Fsp3) is 0.966. The Labute approximate surface area is 448 Å². The third-order valence-electron chi connectivity index (χ3n) is 15.1. The molecule has 74 heavy (non-hydrogen) atoms. The van der Waals surface area contributed by atoms with Crippen molar-refractivity contribution in [3.05, 3.63) is 0 Å². The molecular formula is C59H112O15. The topological polar surface area (TPSA) is 231 Å². The lowest BCUT2D eigenvalue weighted by Crippen LogP contribution is -2.61. The third kappa shape index (κ3) is 33.1. The van der Waals surface area contributed by atoms with Crippen LogP contribution in [0, 0.1) is 0 Å². The van der Waals surface area contributed by atoms with Crippen LogP contribution in [0.25, 0.3) is 0 Å². The first-order valence-electron chi connectivity index (χ1n) is 30.6. The molecule has 2 saturated heterocycles. The number of carbonyl (C=O) groups is 2. The van der Waals surface area contributed by atoms with E-state index in [4.69, 9.17) is 28.4 Å². The van der Waals surface area contributed by atoms with Gasteiger partial charge < -0.3 is 64.2 Å². The Hall–Kier alpha value is -1.50. The molecule has 2 rings (SSSR count). The van der Waals surface area contributed by atoms with Gasteiger partial charge in [-0.3, -0.25) is 9.59 Å². The molecule has 0 amide bonds. The van der Waals surface area contributed by atoms with Crippen molar-refractivity contribution in [1.82, 2.24) is 0 Å². The Kier molecular flexibility index (Phi) is 43.0. The molecular weight excluding hydrogens is 949 g/mol. The number of unbranched alkanes of at least 4 members (excludes halogenated alkanes) is 36. The number of hydrogen-bond acceptors (Lipinski definition) is 15. The molecule has 0 aromatic rings. The van der Waals surface area contributed by atoms with Gasteiger partial charge in [0.05, 0.1) is 19.8 Å². The minimum Gasteiger partial charge on any atom is -0.462 e. The van der Waals surface area contributed by atoms with E-state index in [1.54, 1.807) is 0 Å². The minimum absolute atomic E-state index is 0.174. The molecule has 2 aliphatic rings. The van der Waals surface area contributed by atoms with Gasteiger partial charge in [-0.2, -0.15) is 0 Å². The molecule has 2 aliphatic heterocycles. The molecule has 15 heteroatoms. The predicted octanol–water partition coefficient (Wildman–Crippen LogP) is 10.7. The van der Waals surface area contributed by atoms with Gasteiger partial charge in [0.1, 0.15) is 55.4 Å². The van der Waals surface area contributed by atoms with Crippen LogP contribution in [-0.2, 0) is 38.0 Å². The van der Waals surface area contributed by atoms with Crippen LogP contribution in [0.4, 0.5) is 0 Å². The summed E-state index contributed by atoms with van der Waals surface area (Å²) < 4.78 is 33.8. The van der Waals surface area contributed by atoms with Crippen LogP contribution in [0.1, 0.15) is 271 Å². The second-order valence-electron chi connectivity index (χ2n) is 21.9. The summed E-state index contributed by atoms with van der Waals surface area (Å²) in [5.41, 5.74) is 0. The fourth-order valence-corrected chi connectivity index (χ4v) is 10.1. The highest BCUT2D eigenvalue weighted by molar-refractivity contribution is 5.70. The number of ether oxygens (including phenoxy) is 6. The van der Waals surface area contributed by atoms with Crippen LogP contribution in [0.2, 0.25) is 0 Å². The van der Waals surface area contributed by atoms with E-state index in [-0.39, 0.29) is 26.1 Å². The van der Waals surface area contributed by atoms with E-state index in [0.29, 0.717) is 12.8 Å². The zero-order valence-corrected chi connectivity index (χ0v) is 46.9. The fourth-order valence-electron chi connectivity index (χ4n) is 10.1. The van der Waals surface area contributed by atoms with E-state index in [1.165, 1.54) is 193 Å². The average molecular weight is 1060 g/mol. The Morgan fingerprint density at radius 2 is 0.689 bits per heavy atom. The molecule has 0 bridgehead atoms. The van der Waals surface area contributed by atoms with Crippen LogP contribution in [0.5, 0.6) is 0 Å².